The van der Waals surface area contributed by atoms with Gasteiger partial charge in [-0.25, -0.2) is 0 Å². The van der Waals surface area contributed by atoms with E-state index in [9.17, 15) is 0 Å². The van der Waals surface area contributed by atoms with Crippen molar-refractivity contribution in [2.24, 2.45) is 0 Å². The second kappa shape index (κ2) is 39.2. The Bertz CT molecular complexity index is 9.61. The Labute approximate surface area is 71.2 Å². The molecule has 0 aliphatic heterocycles. The Morgan fingerprint density at radius 2 is 1.20 bits per heavy atom. The number of hydrogen-bond acceptors (Lipinski definition) is 1. The summed E-state index contributed by atoms with van der Waals surface area (Å²) in [6.45, 7) is 0. The van der Waals surface area contributed by atoms with Crippen molar-refractivity contribution in [3.05, 3.63) is 0 Å². The summed E-state index contributed by atoms with van der Waals surface area (Å²) < 4.78 is 7.88. The van der Waals surface area contributed by atoms with Crippen LogP contribution in [0.5, 0.6) is 0 Å². The summed E-state index contributed by atoms with van der Waals surface area (Å²) in [6.07, 6.45) is 0. The zero-order chi connectivity index (χ0) is 2.00. The maximum atomic E-state index is 7.88. The van der Waals surface area contributed by atoms with Gasteiger partial charge in [0, 0.05) is 52.4 Å². The Morgan fingerprint density at radius 1 is 1.20 bits per heavy atom. The Balaban J connectivity index is -0.00000000167. The van der Waals surface area contributed by atoms with Crippen LogP contribution in [0.15, 0.2) is 0 Å². The Morgan fingerprint density at radius 3 is 1.20 bits per heavy atom. The van der Waals surface area contributed by atoms with Gasteiger partial charge >= 0.3 is 19.3 Å². The molecule has 34 valence electrons. The molecule has 0 saturated carbocycles. The van der Waals surface area contributed by atoms with Crippen molar-refractivity contribution in [1.82, 2.24) is 0 Å². The van der Waals surface area contributed by atoms with E-state index in [0.29, 0.717) is 0 Å². The van der Waals surface area contributed by atoms with Crippen LogP contribution < -0.4 is 0 Å². The quantitative estimate of drug-likeness (QED) is 0.476. The van der Waals surface area contributed by atoms with Crippen LogP contribution in [0.4, 0.5) is 0 Å². The monoisotopic (exact) mass is 194 g/mol. The zero-order valence-electron chi connectivity index (χ0n) is 2.42. The predicted molar refractivity (Wildman–Crippen MR) is 6.44 cm³/mol. The molecule has 0 aromatic carbocycles. The summed E-state index contributed by atoms with van der Waals surface area (Å²) in [7, 11) is 0. The van der Waals surface area contributed by atoms with E-state index in [1.165, 1.54) is 0 Å². The summed E-state index contributed by atoms with van der Waals surface area (Å²) in [6, 6.07) is 0. The van der Waals surface area contributed by atoms with Crippen LogP contribution in [0.2, 0.25) is 0 Å². The van der Waals surface area contributed by atoms with Crippen molar-refractivity contribution in [1.29, 1.82) is 0 Å². The van der Waals surface area contributed by atoms with E-state index in [2.05, 4.69) is 15.4 Å². The Kier molecular flexibility index (Phi) is 224. The zero-order valence-corrected chi connectivity index (χ0v) is 5.57. The molecule has 0 saturated heterocycles. The molecule has 0 spiro atoms. The Hall–Kier alpha value is 1.90. The van der Waals surface area contributed by atoms with Gasteiger partial charge in [0.15, 0.2) is 0 Å². The number of rotatable bonds is 0. The molecule has 0 rings (SSSR count). The van der Waals surface area contributed by atoms with Gasteiger partial charge in [0.05, 0.1) is 0 Å². The molecular formula is LiMnNi2O. The van der Waals surface area contributed by atoms with E-state index in [1.807, 2.05) is 0 Å². The fourth-order valence-corrected chi connectivity index (χ4v) is 0. The van der Waals surface area contributed by atoms with Crippen LogP contribution in [0.25, 0.3) is 0 Å². The van der Waals surface area contributed by atoms with Gasteiger partial charge in [-0.15, -0.1) is 0 Å². The first kappa shape index (κ1) is 28.5. The molecule has 0 aliphatic rings. The van der Waals surface area contributed by atoms with Gasteiger partial charge in [0.1, 0.15) is 0 Å². The second-order valence-corrected chi connectivity index (χ2v) is 0. The predicted octanol–water partition coefficient (Wildman–Crippen LogP) is -0.507. The molecule has 0 amide bonds. The van der Waals surface area contributed by atoms with Crippen LogP contribution in [0.1, 0.15) is 0 Å². The standard InChI is InChI=1S/Li.Mn.2Ni.O. The molecular weight excluding hydrogens is 195 g/mol. The van der Waals surface area contributed by atoms with Crippen molar-refractivity contribution in [3.63, 3.8) is 0 Å². The van der Waals surface area contributed by atoms with Crippen LogP contribution >= 0.6 is 0 Å². The van der Waals surface area contributed by atoms with E-state index in [0.717, 1.165) is 0 Å². The first-order valence-corrected chi connectivity index (χ1v) is 0.532. The molecule has 0 heterocycles. The van der Waals surface area contributed by atoms with Crippen molar-refractivity contribution in [2.45, 2.75) is 0 Å². The molecule has 0 atom stereocenters. The van der Waals surface area contributed by atoms with Gasteiger partial charge in [-0.05, 0) is 0 Å². The van der Waals surface area contributed by atoms with Crippen LogP contribution in [0.3, 0.4) is 0 Å². The van der Waals surface area contributed by atoms with E-state index in [4.69, 9.17) is 3.90 Å². The third-order valence-corrected chi connectivity index (χ3v) is 0. The van der Waals surface area contributed by atoms with Crippen molar-refractivity contribution < 1.29 is 52.8 Å². The molecule has 0 aromatic heterocycles. The summed E-state index contributed by atoms with van der Waals surface area (Å²) in [5.41, 5.74) is 0. The van der Waals surface area contributed by atoms with Crippen LogP contribution in [-0.2, 0) is 52.8 Å². The molecule has 0 aliphatic carbocycles. The molecule has 0 N–H and O–H groups in total. The molecule has 2 radical (unpaired) electrons. The van der Waals surface area contributed by atoms with Crippen molar-refractivity contribution in [2.75, 3.05) is 0 Å². The molecule has 0 fully saturated rings. The molecule has 5 heavy (non-hydrogen) atoms. The maximum absolute atomic E-state index is 7.88. The molecule has 5 heteroatoms. The molecule has 0 aromatic rings. The SMILES string of the molecule is [Li].[Mn].[Ni].[O]=[Ni]. The minimum absolute atomic E-state index is 0. The molecule has 1 nitrogen and oxygen atoms in total. The fourth-order valence-electron chi connectivity index (χ4n) is 0. The van der Waals surface area contributed by atoms with Crippen molar-refractivity contribution in [3.8, 4) is 0 Å². The first-order valence-electron chi connectivity index (χ1n) is 0.129. The summed E-state index contributed by atoms with van der Waals surface area (Å²) in [4.78, 5) is 0. The van der Waals surface area contributed by atoms with E-state index in [-0.39, 0.29) is 52.4 Å². The number of hydrogen-bond donors (Lipinski definition) is 0. The normalized spacial score (nSPS) is 1.20. The van der Waals surface area contributed by atoms with Crippen LogP contribution in [0, 0.1) is 0 Å². The average Bonchev–Trinajstić information content (AvgIpc) is 1.00. The van der Waals surface area contributed by atoms with E-state index >= 15 is 0 Å². The summed E-state index contributed by atoms with van der Waals surface area (Å²) >= 11 is 2.62. The van der Waals surface area contributed by atoms with Gasteiger partial charge in [-0.1, -0.05) is 0 Å². The summed E-state index contributed by atoms with van der Waals surface area (Å²) in [5.74, 6) is 0. The fraction of sp³-hybridized carbons (Fsp3) is 0. The molecule has 0 unspecified atom stereocenters. The minimum atomic E-state index is 0. The van der Waals surface area contributed by atoms with Crippen LogP contribution in [-0.4, -0.2) is 18.9 Å². The topological polar surface area (TPSA) is 17.1 Å². The second-order valence-electron chi connectivity index (χ2n) is 0. The summed E-state index contributed by atoms with van der Waals surface area (Å²) in [5, 5.41) is 0. The average molecular weight is 195 g/mol. The molecule has 0 bridgehead atoms. The van der Waals surface area contributed by atoms with Gasteiger partial charge in [0.2, 0.25) is 0 Å². The van der Waals surface area contributed by atoms with Crippen molar-refractivity contribution >= 4 is 18.9 Å². The van der Waals surface area contributed by atoms with Gasteiger partial charge in [-0.3, -0.25) is 0 Å². The van der Waals surface area contributed by atoms with E-state index in [1.54, 1.807) is 0 Å². The van der Waals surface area contributed by atoms with Gasteiger partial charge < -0.3 is 0 Å². The third-order valence-electron chi connectivity index (χ3n) is 0. The van der Waals surface area contributed by atoms with E-state index < -0.39 is 0 Å². The van der Waals surface area contributed by atoms with Gasteiger partial charge in [-0.2, -0.15) is 0 Å². The third kappa shape index (κ3) is 24.8. The van der Waals surface area contributed by atoms with Gasteiger partial charge in [0.25, 0.3) is 0 Å². The first-order chi connectivity index (χ1) is 1.00.